The molecule has 121 heavy (non-hydrogen) atoms. The van der Waals surface area contributed by atoms with Gasteiger partial charge in [-0.25, -0.2) is 0 Å². The number of amides is 5. The van der Waals surface area contributed by atoms with Gasteiger partial charge in [-0.1, -0.05) is 27.7 Å². The highest BCUT2D eigenvalue weighted by atomic mass is 79.9. The van der Waals surface area contributed by atoms with Crippen molar-refractivity contribution in [1.29, 1.82) is 0 Å². The van der Waals surface area contributed by atoms with Crippen molar-refractivity contribution in [3.8, 4) is 57.5 Å². The van der Waals surface area contributed by atoms with Crippen molar-refractivity contribution in [2.24, 2.45) is 0 Å². The Morgan fingerprint density at radius 3 is 0.818 bits per heavy atom. The summed E-state index contributed by atoms with van der Waals surface area (Å²) >= 11 is 10.4. The SMILES string of the molecule is COCSCCc1cc(OC)c(C[C@@H](C)NC(=O)C(F)(F)F)cc1OC.COc1cc(C[C@@H](C)NC(=O)C(F)(F)F)c(OC)cc1/C=C/O.COc1cc(C[C@@H](C)NC(=O)C(F)(F)F)c(OC)cc1CCBr.COc1cc(C[C@@H](C)NC(=O)C(F)(F)F)c(OC)cc1CCS.COc1cc(C[C@@H](C)NC(=O)C(F)(F)F)c(OC)cc1CCSC(C)=O. The first-order valence-electron chi connectivity index (χ1n) is 36.2. The van der Waals surface area contributed by atoms with Crippen molar-refractivity contribution in [2.75, 3.05) is 107 Å². The summed E-state index contributed by atoms with van der Waals surface area (Å²) in [6, 6.07) is 13.5. The molecule has 5 atom stereocenters. The van der Waals surface area contributed by atoms with Gasteiger partial charge in [-0.3, -0.25) is 28.8 Å². The number of ether oxygens (including phenoxy) is 11. The van der Waals surface area contributed by atoms with Gasteiger partial charge in [0.2, 0.25) is 0 Å². The molecule has 5 aromatic rings. The Hall–Kier alpha value is -8.90. The molecular weight excluding hydrogens is 1770 g/mol. The van der Waals surface area contributed by atoms with E-state index in [-0.39, 0.29) is 37.2 Å². The molecule has 682 valence electrons. The number of hydrogen-bond acceptors (Lipinski definition) is 21. The number of methoxy groups -OCH3 is 11. The first-order valence-corrected chi connectivity index (χ1v) is 40.1. The fraction of sp³-hybridized carbons (Fsp3) is 0.519. The van der Waals surface area contributed by atoms with E-state index in [1.807, 2.05) is 32.7 Å². The standard InChI is InChI=1S/C17H24F3NO4S.C17H22F3NO4S.C15H19BrF3NO3.C15H18F3NO4.C15H20F3NO3S/c1-11(21-16(22)17(18,19)20)7-13-9-14(24-3)12(8-15(13)25-4)5-6-26-10-23-2;1-10(21-16(23)17(18,19)20)7-13-9-14(24-3)12(8-15(13)25-4)5-6-26-11(2)22;1-9(20-14(21)15(17,18)19)6-11-8-12(22-2)10(4-5-16)7-13(11)23-3;1-9(19-14(21)15(16,17)18)6-11-8-12(22-2)10(4-5-20)7-13(11)23-3;1-9(19-14(20)15(16,17)18)6-11-8-12(21-2)10(4-5-23)7-13(11)22-3/h8-9,11H,5-7,10H2,1-4H3,(H,21,22);8-10H,5-7H2,1-4H3,(H,21,23);7-9H,4-6H2,1-3H3,(H,20,21);4-5,7-9,20H,6H2,1-3H3,(H,19,21);7-9,23H,4-6H2,1-3H3,(H,19,20)/b;;;5-4+;/t11-;10-;3*9-/m11111/s1. The van der Waals surface area contributed by atoms with Crippen molar-refractivity contribution < 1.29 is 152 Å². The minimum absolute atomic E-state index is 0.0155. The van der Waals surface area contributed by atoms with Crippen LogP contribution < -0.4 is 74.0 Å². The number of hydrogen-bond donors (Lipinski definition) is 7. The Morgan fingerprint density at radius 1 is 0.372 bits per heavy atom. The van der Waals surface area contributed by atoms with Gasteiger partial charge < -0.3 is 83.8 Å². The summed E-state index contributed by atoms with van der Waals surface area (Å²) in [5, 5.41) is 19.2. The average molecular weight is 1870 g/mol. The van der Waals surface area contributed by atoms with E-state index in [0.29, 0.717) is 121 Å². The summed E-state index contributed by atoms with van der Waals surface area (Å²) in [6.45, 7) is 8.93. The normalized spacial score (nSPS) is 12.6. The monoisotopic (exact) mass is 1870 g/mol. The predicted molar refractivity (Wildman–Crippen MR) is 436 cm³/mol. The molecule has 0 aliphatic carbocycles. The van der Waals surface area contributed by atoms with E-state index in [4.69, 9.17) is 57.2 Å². The van der Waals surface area contributed by atoms with Crippen molar-refractivity contribution in [3.05, 3.63) is 123 Å². The van der Waals surface area contributed by atoms with Gasteiger partial charge in [-0.15, -0.1) is 11.8 Å². The molecule has 42 heteroatoms. The van der Waals surface area contributed by atoms with Crippen molar-refractivity contribution in [1.82, 2.24) is 26.6 Å². The number of carbonyl (C=O) groups is 6. The van der Waals surface area contributed by atoms with E-state index in [2.05, 4.69) is 28.6 Å². The minimum atomic E-state index is -4.92. The minimum Gasteiger partial charge on any atom is -0.516 e. The van der Waals surface area contributed by atoms with E-state index < -0.39 is 90.6 Å². The topological polar surface area (TPSA) is 284 Å². The van der Waals surface area contributed by atoms with Gasteiger partial charge in [-0.2, -0.15) is 78.5 Å². The summed E-state index contributed by atoms with van der Waals surface area (Å²) in [6.07, 6.45) is -18.8. The summed E-state index contributed by atoms with van der Waals surface area (Å²) in [7, 11) is 16.5. The van der Waals surface area contributed by atoms with E-state index in [9.17, 15) is 94.6 Å². The van der Waals surface area contributed by atoms with Gasteiger partial charge in [0.15, 0.2) is 5.12 Å². The van der Waals surface area contributed by atoms with Gasteiger partial charge in [0.1, 0.15) is 57.5 Å². The van der Waals surface area contributed by atoms with E-state index >= 15 is 0 Å². The Morgan fingerprint density at radius 2 is 0.595 bits per heavy atom. The predicted octanol–water partition coefficient (Wildman–Crippen LogP) is 15.2. The second kappa shape index (κ2) is 53.9. The fourth-order valence-electron chi connectivity index (χ4n) is 11.2. The molecule has 0 spiro atoms. The Balaban J connectivity index is 0.000000757. The van der Waals surface area contributed by atoms with Gasteiger partial charge in [-0.05, 0) is 221 Å². The van der Waals surface area contributed by atoms with Crippen LogP contribution in [0.3, 0.4) is 0 Å². The Kier molecular flexibility index (Phi) is 49.0. The van der Waals surface area contributed by atoms with Crippen molar-refractivity contribution in [3.63, 3.8) is 0 Å². The molecule has 0 saturated heterocycles. The van der Waals surface area contributed by atoms with Crippen LogP contribution in [-0.2, 0) is 91.3 Å². The van der Waals surface area contributed by atoms with E-state index in [0.717, 1.165) is 52.4 Å². The zero-order valence-corrected chi connectivity index (χ0v) is 73.5. The van der Waals surface area contributed by atoms with Crippen LogP contribution in [0.1, 0.15) is 97.2 Å². The molecule has 0 unspecified atom stereocenters. The summed E-state index contributed by atoms with van der Waals surface area (Å²) in [5.41, 5.74) is 7.29. The molecule has 0 radical (unpaired) electrons. The van der Waals surface area contributed by atoms with Gasteiger partial charge >= 0.3 is 60.4 Å². The highest BCUT2D eigenvalue weighted by Crippen LogP contribution is 2.37. The quantitative estimate of drug-likeness (QED) is 0.00483. The maximum atomic E-state index is 12.4. The molecule has 0 aliphatic rings. The van der Waals surface area contributed by atoms with Gasteiger partial charge in [0, 0.05) is 60.9 Å². The number of aliphatic hydroxyl groups is 1. The largest absolute Gasteiger partial charge is 0.516 e. The number of aliphatic hydroxyl groups excluding tert-OH is 1. The van der Waals surface area contributed by atoms with E-state index in [1.165, 1.54) is 130 Å². The number of benzene rings is 5. The number of halogens is 16. The number of thiol groups is 1. The highest BCUT2D eigenvalue weighted by molar-refractivity contribution is 9.09. The van der Waals surface area contributed by atoms with Crippen LogP contribution in [0.15, 0.2) is 66.9 Å². The second-order valence-electron chi connectivity index (χ2n) is 26.1. The highest BCUT2D eigenvalue weighted by Gasteiger charge is 2.43. The molecule has 6 N–H and O–H groups in total. The lowest BCUT2D eigenvalue weighted by Gasteiger charge is -2.19. The molecular formula is C79H103BrF15N5O18S3. The maximum Gasteiger partial charge on any atom is 0.471 e. The molecule has 0 fully saturated rings. The van der Waals surface area contributed by atoms with Crippen LogP contribution >= 0.6 is 52.1 Å². The second-order valence-corrected chi connectivity index (χ2v) is 29.6. The third-order valence-electron chi connectivity index (χ3n) is 16.6. The van der Waals surface area contributed by atoms with Crippen molar-refractivity contribution in [2.45, 2.75) is 160 Å². The lowest BCUT2D eigenvalue weighted by Crippen LogP contribution is -2.42. The number of nitrogens with one attached hydrogen (secondary N) is 5. The summed E-state index contributed by atoms with van der Waals surface area (Å²) in [4.78, 5) is 66.1. The summed E-state index contributed by atoms with van der Waals surface area (Å²) in [5.74, 6) is -1.83. The van der Waals surface area contributed by atoms with E-state index in [1.54, 1.807) is 73.5 Å². The molecule has 0 saturated carbocycles. The third-order valence-corrected chi connectivity index (χ3v) is 18.9. The third kappa shape index (κ3) is 39.9. The van der Waals surface area contributed by atoms with Crippen LogP contribution in [0.25, 0.3) is 6.08 Å². The van der Waals surface area contributed by atoms with Gasteiger partial charge in [0.25, 0.3) is 0 Å². The number of aryl methyl sites for hydroxylation is 4. The zero-order valence-electron chi connectivity index (χ0n) is 69.4. The first-order chi connectivity index (χ1) is 56.5. The molecule has 0 heterocycles. The molecule has 5 aromatic carbocycles. The van der Waals surface area contributed by atoms with Crippen LogP contribution in [-0.4, -0.2) is 208 Å². The van der Waals surface area contributed by atoms with Crippen LogP contribution in [0.5, 0.6) is 57.5 Å². The lowest BCUT2D eigenvalue weighted by molar-refractivity contribution is -0.174. The molecule has 23 nitrogen and oxygen atoms in total. The molecule has 0 aromatic heterocycles. The number of carbonyl (C=O) groups excluding carboxylic acids is 6. The molecule has 0 aliphatic heterocycles. The fourth-order valence-corrected chi connectivity index (χ4v) is 13.1. The Bertz CT molecular complexity index is 4030. The smallest absolute Gasteiger partial charge is 0.471 e. The first kappa shape index (κ1) is 110. The van der Waals surface area contributed by atoms with Crippen LogP contribution in [0.4, 0.5) is 65.9 Å². The summed E-state index contributed by atoms with van der Waals surface area (Å²) < 4.78 is 243. The van der Waals surface area contributed by atoms with Crippen molar-refractivity contribution >= 4 is 92.8 Å². The average Bonchev–Trinajstić information content (AvgIpc) is 0.841. The molecule has 5 amide bonds. The maximum absolute atomic E-state index is 12.4. The zero-order chi connectivity index (χ0) is 92.5. The molecule has 0 bridgehead atoms. The lowest BCUT2D eigenvalue weighted by atomic mass is 10.0. The number of rotatable bonds is 38. The van der Waals surface area contributed by atoms with Gasteiger partial charge in [0.05, 0.1) is 83.3 Å². The number of thioether (sulfide) groups is 2. The number of alkyl halides is 16. The molecule has 5 rings (SSSR count). The van der Waals surface area contributed by atoms with Crippen LogP contribution in [0, 0.1) is 0 Å². The Labute approximate surface area is 714 Å². The van der Waals surface area contributed by atoms with Crippen LogP contribution in [0.2, 0.25) is 0 Å².